The lowest BCUT2D eigenvalue weighted by molar-refractivity contribution is 0.147. The van der Waals surface area contributed by atoms with E-state index in [1.807, 2.05) is 6.92 Å². The van der Waals surface area contributed by atoms with Crippen LogP contribution in [-0.4, -0.2) is 29.2 Å². The maximum atomic E-state index is 10.5. The fraction of sp³-hybridized carbons (Fsp3) is 0.889. The van der Waals surface area contributed by atoms with Crippen molar-refractivity contribution in [1.82, 2.24) is 4.90 Å². The summed E-state index contributed by atoms with van der Waals surface area (Å²) >= 11 is 0. The first-order chi connectivity index (χ1) is 5.72. The molecular formula is C9H19NO2. The third kappa shape index (κ3) is 4.99. The molecule has 0 fully saturated rings. The van der Waals surface area contributed by atoms with Crippen molar-refractivity contribution in [2.24, 2.45) is 0 Å². The lowest BCUT2D eigenvalue weighted by Crippen LogP contribution is -2.29. The number of rotatable bonds is 6. The second-order valence-corrected chi connectivity index (χ2v) is 2.92. The van der Waals surface area contributed by atoms with E-state index in [4.69, 9.17) is 5.11 Å². The van der Waals surface area contributed by atoms with Gasteiger partial charge in [-0.3, -0.25) is 0 Å². The van der Waals surface area contributed by atoms with Crippen molar-refractivity contribution in [3.05, 3.63) is 0 Å². The van der Waals surface area contributed by atoms with Crippen LogP contribution in [0.25, 0.3) is 0 Å². The summed E-state index contributed by atoms with van der Waals surface area (Å²) in [6.07, 6.45) is 3.74. The van der Waals surface area contributed by atoms with Crippen LogP contribution in [0.3, 0.4) is 0 Å². The Bertz CT molecular complexity index is 126. The highest BCUT2D eigenvalue weighted by Crippen LogP contribution is 2.01. The zero-order valence-corrected chi connectivity index (χ0v) is 8.05. The number of hydrogen-bond donors (Lipinski definition) is 1. The molecule has 72 valence electrons. The summed E-state index contributed by atoms with van der Waals surface area (Å²) in [6.45, 7) is 5.30. The predicted molar refractivity (Wildman–Crippen MR) is 49.4 cm³/mol. The predicted octanol–water partition coefficient (Wildman–Crippen LogP) is 2.57. The van der Waals surface area contributed by atoms with Gasteiger partial charge in [-0.2, -0.15) is 0 Å². The van der Waals surface area contributed by atoms with Gasteiger partial charge in [-0.15, -0.1) is 0 Å². The van der Waals surface area contributed by atoms with E-state index in [1.165, 1.54) is 17.7 Å². The zero-order chi connectivity index (χ0) is 9.40. The summed E-state index contributed by atoms with van der Waals surface area (Å²) in [7, 11) is 0. The Morgan fingerprint density at radius 2 is 1.92 bits per heavy atom. The van der Waals surface area contributed by atoms with E-state index < -0.39 is 6.09 Å². The van der Waals surface area contributed by atoms with Gasteiger partial charge in [-0.1, -0.05) is 26.2 Å². The van der Waals surface area contributed by atoms with Crippen molar-refractivity contribution in [3.63, 3.8) is 0 Å². The van der Waals surface area contributed by atoms with Crippen LogP contribution in [0.1, 0.15) is 39.5 Å². The molecule has 0 aromatic carbocycles. The topological polar surface area (TPSA) is 40.5 Å². The molecule has 0 bridgehead atoms. The highest BCUT2D eigenvalue weighted by Gasteiger charge is 2.06. The molecule has 0 spiro atoms. The zero-order valence-electron chi connectivity index (χ0n) is 8.05. The van der Waals surface area contributed by atoms with E-state index in [1.54, 1.807) is 0 Å². The number of carboxylic acid groups (broad SMARTS) is 1. The molecule has 1 amide bonds. The van der Waals surface area contributed by atoms with E-state index in [0.29, 0.717) is 13.1 Å². The quantitative estimate of drug-likeness (QED) is 0.627. The Kier molecular flexibility index (Phi) is 6.53. The number of nitrogens with zero attached hydrogens (tertiary/aromatic N) is 1. The average Bonchev–Trinajstić information content (AvgIpc) is 2.04. The first-order valence-electron chi connectivity index (χ1n) is 4.70. The van der Waals surface area contributed by atoms with Gasteiger partial charge in [0, 0.05) is 13.1 Å². The number of unbranched alkanes of at least 4 members (excludes halogenated alkanes) is 3. The highest BCUT2D eigenvalue weighted by molar-refractivity contribution is 5.64. The second-order valence-electron chi connectivity index (χ2n) is 2.92. The minimum Gasteiger partial charge on any atom is -0.465 e. The Morgan fingerprint density at radius 1 is 1.25 bits per heavy atom. The fourth-order valence-corrected chi connectivity index (χ4v) is 1.12. The maximum Gasteiger partial charge on any atom is 0.407 e. The monoisotopic (exact) mass is 173 g/mol. The van der Waals surface area contributed by atoms with Crippen LogP contribution in [0.4, 0.5) is 4.79 Å². The summed E-state index contributed by atoms with van der Waals surface area (Å²) in [5.74, 6) is 0. The molecule has 0 atom stereocenters. The van der Waals surface area contributed by atoms with Crippen LogP contribution in [0, 0.1) is 0 Å². The van der Waals surface area contributed by atoms with Crippen LogP contribution in [0.2, 0.25) is 0 Å². The molecule has 0 radical (unpaired) electrons. The molecule has 0 aliphatic rings. The molecule has 0 aromatic rings. The van der Waals surface area contributed by atoms with Crippen LogP contribution in [0.15, 0.2) is 0 Å². The molecular weight excluding hydrogens is 154 g/mol. The molecule has 0 aliphatic heterocycles. The summed E-state index contributed by atoms with van der Waals surface area (Å²) in [5, 5.41) is 8.66. The van der Waals surface area contributed by atoms with Crippen molar-refractivity contribution in [3.8, 4) is 0 Å². The third-order valence-electron chi connectivity index (χ3n) is 1.93. The fourth-order valence-electron chi connectivity index (χ4n) is 1.12. The Balaban J connectivity index is 3.38. The third-order valence-corrected chi connectivity index (χ3v) is 1.93. The number of carbonyl (C=O) groups is 1. The molecule has 0 rings (SSSR count). The van der Waals surface area contributed by atoms with Crippen molar-refractivity contribution in [1.29, 1.82) is 0 Å². The van der Waals surface area contributed by atoms with Gasteiger partial charge in [0.2, 0.25) is 0 Å². The van der Waals surface area contributed by atoms with Crippen molar-refractivity contribution >= 4 is 6.09 Å². The standard InChI is InChI=1S/C9H19NO2/c1-3-5-6-7-8-10(4-2)9(11)12/h3-8H2,1-2H3,(H,11,12). The van der Waals surface area contributed by atoms with Crippen molar-refractivity contribution < 1.29 is 9.90 Å². The van der Waals surface area contributed by atoms with Gasteiger partial charge in [0.15, 0.2) is 0 Å². The minimum atomic E-state index is -0.797. The maximum absolute atomic E-state index is 10.5. The summed E-state index contributed by atoms with van der Waals surface area (Å²) in [4.78, 5) is 12.0. The minimum absolute atomic E-state index is 0.599. The first kappa shape index (κ1) is 11.3. The van der Waals surface area contributed by atoms with Crippen LogP contribution in [-0.2, 0) is 0 Å². The molecule has 3 nitrogen and oxygen atoms in total. The SMILES string of the molecule is CCCCCCN(CC)C(=O)O. The normalized spacial score (nSPS) is 9.83. The lowest BCUT2D eigenvalue weighted by Gasteiger charge is -2.16. The Morgan fingerprint density at radius 3 is 2.33 bits per heavy atom. The van der Waals surface area contributed by atoms with E-state index in [0.717, 1.165) is 12.8 Å². The molecule has 0 saturated heterocycles. The lowest BCUT2D eigenvalue weighted by atomic mass is 10.2. The van der Waals surface area contributed by atoms with Gasteiger partial charge in [0.25, 0.3) is 0 Å². The van der Waals surface area contributed by atoms with E-state index in [9.17, 15) is 4.79 Å². The smallest absolute Gasteiger partial charge is 0.407 e. The van der Waals surface area contributed by atoms with Gasteiger partial charge in [-0.25, -0.2) is 4.79 Å². The van der Waals surface area contributed by atoms with E-state index >= 15 is 0 Å². The largest absolute Gasteiger partial charge is 0.465 e. The van der Waals surface area contributed by atoms with Crippen molar-refractivity contribution in [2.45, 2.75) is 39.5 Å². The van der Waals surface area contributed by atoms with Gasteiger partial charge in [-0.05, 0) is 13.3 Å². The molecule has 0 saturated carbocycles. The van der Waals surface area contributed by atoms with Gasteiger partial charge in [0.05, 0.1) is 0 Å². The van der Waals surface area contributed by atoms with E-state index in [-0.39, 0.29) is 0 Å². The average molecular weight is 173 g/mol. The van der Waals surface area contributed by atoms with Crippen LogP contribution >= 0.6 is 0 Å². The summed E-state index contributed by atoms with van der Waals surface area (Å²) < 4.78 is 0. The molecule has 0 aromatic heterocycles. The van der Waals surface area contributed by atoms with Crippen molar-refractivity contribution in [2.75, 3.05) is 13.1 Å². The Hall–Kier alpha value is -0.730. The molecule has 1 N–H and O–H groups in total. The van der Waals surface area contributed by atoms with E-state index in [2.05, 4.69) is 6.92 Å². The summed E-state index contributed by atoms with van der Waals surface area (Å²) in [6, 6.07) is 0. The molecule has 0 aliphatic carbocycles. The van der Waals surface area contributed by atoms with Crippen LogP contribution < -0.4 is 0 Å². The molecule has 0 heterocycles. The number of hydrogen-bond acceptors (Lipinski definition) is 1. The second kappa shape index (κ2) is 6.95. The molecule has 3 heteroatoms. The molecule has 12 heavy (non-hydrogen) atoms. The molecule has 0 unspecified atom stereocenters. The Labute approximate surface area is 74.4 Å². The first-order valence-corrected chi connectivity index (χ1v) is 4.70. The number of amides is 1. The van der Waals surface area contributed by atoms with Gasteiger partial charge >= 0.3 is 6.09 Å². The van der Waals surface area contributed by atoms with Gasteiger partial charge in [0.1, 0.15) is 0 Å². The summed E-state index contributed by atoms with van der Waals surface area (Å²) in [5.41, 5.74) is 0. The van der Waals surface area contributed by atoms with Crippen LogP contribution in [0.5, 0.6) is 0 Å². The van der Waals surface area contributed by atoms with Gasteiger partial charge < -0.3 is 10.0 Å². The highest BCUT2D eigenvalue weighted by atomic mass is 16.4.